The number of ether oxygens (including phenoxy) is 1. The van der Waals surface area contributed by atoms with E-state index >= 15 is 8.78 Å². The van der Waals surface area contributed by atoms with Gasteiger partial charge in [-0.05, 0) is 58.6 Å². The van der Waals surface area contributed by atoms with Crippen LogP contribution in [-0.2, 0) is 22.4 Å². The van der Waals surface area contributed by atoms with Crippen molar-refractivity contribution in [2.75, 3.05) is 10.6 Å². The third-order valence-corrected chi connectivity index (χ3v) is 5.42. The Kier molecular flexibility index (Phi) is 8.67. The van der Waals surface area contributed by atoms with Crippen LogP contribution in [0.2, 0.25) is 0 Å². The van der Waals surface area contributed by atoms with E-state index in [-0.39, 0.29) is 40.0 Å². The van der Waals surface area contributed by atoms with Gasteiger partial charge in [-0.2, -0.15) is 10.4 Å². The highest BCUT2D eigenvalue weighted by atomic mass is 19.1. The summed E-state index contributed by atoms with van der Waals surface area (Å²) in [5.41, 5.74) is -0.842. The number of benzene rings is 1. The quantitative estimate of drug-likeness (QED) is 0.344. The Morgan fingerprint density at radius 1 is 1.10 bits per heavy atom. The van der Waals surface area contributed by atoms with E-state index < -0.39 is 41.2 Å². The summed E-state index contributed by atoms with van der Waals surface area (Å²) in [6.07, 6.45) is -0.804. The molecule has 3 rings (SSSR count). The van der Waals surface area contributed by atoms with Crippen molar-refractivity contribution in [3.8, 4) is 17.3 Å². The highest BCUT2D eigenvalue weighted by molar-refractivity contribution is 5.91. The minimum Gasteiger partial charge on any atom is -0.444 e. The van der Waals surface area contributed by atoms with Gasteiger partial charge in [0.2, 0.25) is 11.8 Å². The number of nitriles is 1. The van der Waals surface area contributed by atoms with Crippen LogP contribution in [0.4, 0.5) is 25.3 Å². The van der Waals surface area contributed by atoms with E-state index in [0.29, 0.717) is 12.1 Å². The molecule has 40 heavy (non-hydrogen) atoms. The Hall–Kier alpha value is -4.27. The molecule has 0 atom stereocenters. The Bertz CT molecular complexity index is 1430. The number of carbonyl (C=O) groups excluding carboxylic acids is 2. The molecule has 0 bridgehead atoms. The molecule has 0 unspecified atom stereocenters. The van der Waals surface area contributed by atoms with E-state index in [1.165, 1.54) is 4.68 Å². The lowest BCUT2D eigenvalue weighted by Gasteiger charge is -2.20. The first-order valence-corrected chi connectivity index (χ1v) is 12.7. The van der Waals surface area contributed by atoms with Gasteiger partial charge in [-0.15, -0.1) is 0 Å². The van der Waals surface area contributed by atoms with Crippen LogP contribution in [0.3, 0.4) is 0 Å². The molecule has 0 aliphatic carbocycles. The van der Waals surface area contributed by atoms with Gasteiger partial charge >= 0.3 is 6.09 Å². The zero-order valence-corrected chi connectivity index (χ0v) is 23.9. The SMILES string of the molecule is CC(C)n1nc(-c2cc(F)c(CC(=O)Nc3cc(CC(C)(C)C)no3)c(F)c2)c(C#N)c1NC(=O)OC(C)(C)C. The molecule has 2 amide bonds. The fourth-order valence-corrected chi connectivity index (χ4v) is 3.88. The summed E-state index contributed by atoms with van der Waals surface area (Å²) in [6.45, 7) is 14.7. The summed E-state index contributed by atoms with van der Waals surface area (Å²) in [5.74, 6) is -2.59. The summed E-state index contributed by atoms with van der Waals surface area (Å²) in [5, 5.41) is 23.1. The molecule has 2 heterocycles. The third kappa shape index (κ3) is 7.65. The molecule has 2 aromatic heterocycles. The van der Waals surface area contributed by atoms with Gasteiger partial charge in [0.05, 0.1) is 12.1 Å². The van der Waals surface area contributed by atoms with Crippen molar-refractivity contribution < 1.29 is 27.6 Å². The molecule has 0 saturated carbocycles. The van der Waals surface area contributed by atoms with Crippen molar-refractivity contribution in [1.29, 1.82) is 5.26 Å². The first-order chi connectivity index (χ1) is 18.5. The Morgan fingerprint density at radius 2 is 1.73 bits per heavy atom. The molecule has 214 valence electrons. The number of hydrogen-bond donors (Lipinski definition) is 2. The number of halogens is 2. The second kappa shape index (κ2) is 11.5. The van der Waals surface area contributed by atoms with E-state index in [2.05, 4.69) is 20.9 Å². The first-order valence-electron chi connectivity index (χ1n) is 12.7. The van der Waals surface area contributed by atoms with Crippen molar-refractivity contribution in [1.82, 2.24) is 14.9 Å². The minimum atomic E-state index is -0.999. The molecular formula is C28H34F2N6O4. The van der Waals surface area contributed by atoms with Gasteiger partial charge in [-0.3, -0.25) is 15.4 Å². The average Bonchev–Trinajstić information content (AvgIpc) is 3.37. The molecule has 0 radical (unpaired) electrons. The molecule has 3 aromatic rings. The van der Waals surface area contributed by atoms with Crippen LogP contribution in [0.5, 0.6) is 0 Å². The first kappa shape index (κ1) is 30.3. The second-order valence-corrected chi connectivity index (χ2v) is 11.9. The van der Waals surface area contributed by atoms with Crippen molar-refractivity contribution in [3.05, 3.63) is 46.7 Å². The van der Waals surface area contributed by atoms with Gasteiger partial charge in [-0.1, -0.05) is 25.9 Å². The van der Waals surface area contributed by atoms with Crippen molar-refractivity contribution in [2.45, 2.75) is 79.9 Å². The zero-order chi connectivity index (χ0) is 30.0. The topological polar surface area (TPSA) is 135 Å². The lowest BCUT2D eigenvalue weighted by atomic mass is 9.91. The zero-order valence-electron chi connectivity index (χ0n) is 23.9. The largest absolute Gasteiger partial charge is 0.444 e. The number of rotatable bonds is 7. The summed E-state index contributed by atoms with van der Waals surface area (Å²) in [7, 11) is 0. The molecule has 12 heteroatoms. The van der Waals surface area contributed by atoms with Gasteiger partial charge < -0.3 is 9.26 Å². The van der Waals surface area contributed by atoms with Gasteiger partial charge in [0, 0.05) is 23.2 Å². The summed E-state index contributed by atoms with van der Waals surface area (Å²) in [4.78, 5) is 24.9. The third-order valence-electron chi connectivity index (χ3n) is 5.42. The molecule has 10 nitrogen and oxygen atoms in total. The Balaban J connectivity index is 1.87. The maximum atomic E-state index is 15.1. The molecule has 0 saturated heterocycles. The summed E-state index contributed by atoms with van der Waals surface area (Å²) < 4.78 is 42.0. The van der Waals surface area contributed by atoms with Crippen LogP contribution in [-0.4, -0.2) is 32.5 Å². The van der Waals surface area contributed by atoms with Crippen molar-refractivity contribution in [3.63, 3.8) is 0 Å². The fourth-order valence-electron chi connectivity index (χ4n) is 3.88. The molecule has 0 aliphatic rings. The lowest BCUT2D eigenvalue weighted by molar-refractivity contribution is -0.115. The molecule has 0 spiro atoms. The predicted octanol–water partition coefficient (Wildman–Crippen LogP) is 6.39. The number of aromatic nitrogens is 3. The number of hydrogen-bond acceptors (Lipinski definition) is 7. The Morgan fingerprint density at radius 3 is 2.25 bits per heavy atom. The lowest BCUT2D eigenvalue weighted by Crippen LogP contribution is -2.28. The standard InChI is InChI=1S/C28H34F2N6O4/c1-15(2)36-25(33-26(38)39-28(6,7)8)19(14-31)24(34-36)16-9-20(29)18(21(30)10-16)12-22(37)32-23-11-17(35-40-23)13-27(3,4)5/h9-11,15H,12-13H2,1-8H3,(H,32,37)(H,33,38). The molecule has 0 aliphatic heterocycles. The van der Waals surface area contributed by atoms with Gasteiger partial charge in [0.25, 0.3) is 0 Å². The second-order valence-electron chi connectivity index (χ2n) is 11.9. The van der Waals surface area contributed by atoms with Gasteiger partial charge in [-0.25, -0.2) is 18.3 Å². The van der Waals surface area contributed by atoms with E-state index in [9.17, 15) is 14.9 Å². The highest BCUT2D eigenvalue weighted by Gasteiger charge is 2.26. The minimum absolute atomic E-state index is 0.0314. The van der Waals surface area contributed by atoms with E-state index in [0.717, 1.165) is 12.1 Å². The predicted molar refractivity (Wildman–Crippen MR) is 145 cm³/mol. The number of amides is 2. The van der Waals surface area contributed by atoms with Crippen LogP contribution in [0.1, 0.15) is 78.3 Å². The van der Waals surface area contributed by atoms with E-state index in [1.807, 2.05) is 26.8 Å². The smallest absolute Gasteiger partial charge is 0.413 e. The van der Waals surface area contributed by atoms with Crippen LogP contribution in [0.25, 0.3) is 11.3 Å². The molecule has 0 fully saturated rings. The van der Waals surface area contributed by atoms with Gasteiger partial charge in [0.1, 0.15) is 34.6 Å². The van der Waals surface area contributed by atoms with Crippen molar-refractivity contribution in [2.24, 2.45) is 5.41 Å². The highest BCUT2D eigenvalue weighted by Crippen LogP contribution is 2.33. The molecular weight excluding hydrogens is 522 g/mol. The van der Waals surface area contributed by atoms with Crippen LogP contribution >= 0.6 is 0 Å². The number of nitrogens with one attached hydrogen (secondary N) is 2. The maximum absolute atomic E-state index is 15.1. The molecule has 2 N–H and O–H groups in total. The Labute approximate surface area is 231 Å². The van der Waals surface area contributed by atoms with Crippen LogP contribution < -0.4 is 10.6 Å². The number of anilines is 2. The normalized spacial score (nSPS) is 11.8. The monoisotopic (exact) mass is 556 g/mol. The maximum Gasteiger partial charge on any atom is 0.413 e. The van der Waals surface area contributed by atoms with E-state index in [4.69, 9.17) is 9.26 Å². The number of nitrogens with zero attached hydrogens (tertiary/aromatic N) is 4. The summed E-state index contributed by atoms with van der Waals surface area (Å²) >= 11 is 0. The fraction of sp³-hybridized carbons (Fsp3) is 0.464. The number of carbonyl (C=O) groups is 2. The van der Waals surface area contributed by atoms with E-state index in [1.54, 1.807) is 40.7 Å². The van der Waals surface area contributed by atoms with Gasteiger partial charge in [0.15, 0.2) is 5.82 Å². The van der Waals surface area contributed by atoms with Crippen LogP contribution in [0, 0.1) is 28.4 Å². The average molecular weight is 557 g/mol. The summed E-state index contributed by atoms with van der Waals surface area (Å²) in [6, 6.07) is 5.19. The molecule has 1 aromatic carbocycles. The van der Waals surface area contributed by atoms with Crippen molar-refractivity contribution >= 4 is 23.7 Å². The van der Waals surface area contributed by atoms with Crippen LogP contribution in [0.15, 0.2) is 22.7 Å².